The minimum absolute atomic E-state index is 0.214. The second-order valence-electron chi connectivity index (χ2n) is 6.40. The Balaban J connectivity index is 1.67. The van der Waals surface area contributed by atoms with Crippen LogP contribution in [0.25, 0.3) is 0 Å². The highest BCUT2D eigenvalue weighted by atomic mass is 16.5. The van der Waals surface area contributed by atoms with Crippen LogP contribution >= 0.6 is 0 Å². The van der Waals surface area contributed by atoms with Gasteiger partial charge in [-0.25, -0.2) is 0 Å². The minimum atomic E-state index is -0.488. The normalized spacial score (nSPS) is 11.5. The SMILES string of the molecule is COCC(C(=O)Nc1ccc(C(=O)Nc2ccccc2N)cc1)c1cccnc1. The number of carbonyl (C=O) groups excluding carboxylic acids is 2. The zero-order valence-corrected chi connectivity index (χ0v) is 16.0. The fourth-order valence-electron chi connectivity index (χ4n) is 2.81. The monoisotopic (exact) mass is 390 g/mol. The van der Waals surface area contributed by atoms with Crippen molar-refractivity contribution >= 4 is 28.9 Å². The van der Waals surface area contributed by atoms with E-state index in [4.69, 9.17) is 10.5 Å². The number of aromatic nitrogens is 1. The van der Waals surface area contributed by atoms with Crippen molar-refractivity contribution < 1.29 is 14.3 Å². The van der Waals surface area contributed by atoms with E-state index in [2.05, 4.69) is 15.6 Å². The smallest absolute Gasteiger partial charge is 0.255 e. The third-order valence-corrected chi connectivity index (χ3v) is 4.36. The van der Waals surface area contributed by atoms with Gasteiger partial charge < -0.3 is 21.1 Å². The number of nitrogens with two attached hydrogens (primary N) is 1. The molecule has 1 atom stereocenters. The van der Waals surface area contributed by atoms with Crippen LogP contribution in [-0.4, -0.2) is 30.5 Å². The Labute approximate surface area is 168 Å². The summed E-state index contributed by atoms with van der Waals surface area (Å²) in [6.07, 6.45) is 3.30. The van der Waals surface area contributed by atoms with Crippen molar-refractivity contribution in [3.8, 4) is 0 Å². The number of nitrogen functional groups attached to an aromatic ring is 1. The van der Waals surface area contributed by atoms with Gasteiger partial charge in [0, 0.05) is 30.8 Å². The molecule has 148 valence electrons. The lowest BCUT2D eigenvalue weighted by Gasteiger charge is -2.16. The molecule has 0 radical (unpaired) electrons. The fourth-order valence-corrected chi connectivity index (χ4v) is 2.81. The topological polar surface area (TPSA) is 106 Å². The van der Waals surface area contributed by atoms with Gasteiger partial charge in [0.05, 0.1) is 23.9 Å². The van der Waals surface area contributed by atoms with E-state index in [-0.39, 0.29) is 18.4 Å². The van der Waals surface area contributed by atoms with Gasteiger partial charge in [-0.05, 0) is 48.0 Å². The number of ether oxygens (including phenoxy) is 1. The van der Waals surface area contributed by atoms with Gasteiger partial charge >= 0.3 is 0 Å². The molecular weight excluding hydrogens is 368 g/mol. The van der Waals surface area contributed by atoms with Crippen LogP contribution in [0.1, 0.15) is 21.8 Å². The van der Waals surface area contributed by atoms with Crippen LogP contribution in [0.3, 0.4) is 0 Å². The number of amides is 2. The van der Waals surface area contributed by atoms with Crippen molar-refractivity contribution in [2.75, 3.05) is 30.1 Å². The van der Waals surface area contributed by atoms with E-state index in [0.29, 0.717) is 22.6 Å². The summed E-state index contributed by atoms with van der Waals surface area (Å²) in [5, 5.41) is 5.62. The summed E-state index contributed by atoms with van der Waals surface area (Å²) in [5.74, 6) is -0.986. The third kappa shape index (κ3) is 5.18. The molecule has 7 nitrogen and oxygen atoms in total. The number of nitrogens with zero attached hydrogens (tertiary/aromatic N) is 1. The highest BCUT2D eigenvalue weighted by Crippen LogP contribution is 2.20. The predicted molar refractivity (Wildman–Crippen MR) is 113 cm³/mol. The molecule has 0 spiro atoms. The number of hydrogen-bond donors (Lipinski definition) is 3. The summed E-state index contributed by atoms with van der Waals surface area (Å²) in [5.41, 5.74) is 8.69. The van der Waals surface area contributed by atoms with E-state index in [9.17, 15) is 9.59 Å². The Hall–Kier alpha value is -3.71. The molecule has 0 fully saturated rings. The molecule has 0 bridgehead atoms. The van der Waals surface area contributed by atoms with Gasteiger partial charge in [0.1, 0.15) is 0 Å². The first-order valence-corrected chi connectivity index (χ1v) is 9.04. The molecule has 1 heterocycles. The van der Waals surface area contributed by atoms with Crippen molar-refractivity contribution in [3.63, 3.8) is 0 Å². The van der Waals surface area contributed by atoms with E-state index < -0.39 is 5.92 Å². The average Bonchev–Trinajstić information content (AvgIpc) is 2.74. The summed E-state index contributed by atoms with van der Waals surface area (Å²) in [6.45, 7) is 0.233. The van der Waals surface area contributed by atoms with Crippen molar-refractivity contribution in [2.45, 2.75) is 5.92 Å². The van der Waals surface area contributed by atoms with Crippen LogP contribution in [0.2, 0.25) is 0 Å². The van der Waals surface area contributed by atoms with Gasteiger partial charge in [-0.2, -0.15) is 0 Å². The Kier molecular flexibility index (Phi) is 6.55. The number of para-hydroxylation sites is 2. The molecule has 0 aliphatic heterocycles. The quantitative estimate of drug-likeness (QED) is 0.537. The van der Waals surface area contributed by atoms with Gasteiger partial charge in [0.15, 0.2) is 0 Å². The number of pyridine rings is 1. The van der Waals surface area contributed by atoms with Crippen LogP contribution in [0.4, 0.5) is 17.1 Å². The summed E-state index contributed by atoms with van der Waals surface area (Å²) < 4.78 is 5.18. The highest BCUT2D eigenvalue weighted by molar-refractivity contribution is 6.06. The Morgan fingerprint density at radius 3 is 2.45 bits per heavy atom. The molecule has 4 N–H and O–H groups in total. The molecule has 1 aromatic heterocycles. The van der Waals surface area contributed by atoms with E-state index in [1.165, 1.54) is 0 Å². The van der Waals surface area contributed by atoms with E-state index >= 15 is 0 Å². The Bertz CT molecular complexity index is 975. The maximum Gasteiger partial charge on any atom is 0.255 e. The summed E-state index contributed by atoms with van der Waals surface area (Å²) in [7, 11) is 1.55. The van der Waals surface area contributed by atoms with Crippen LogP contribution in [0, 0.1) is 0 Å². The molecule has 7 heteroatoms. The number of benzene rings is 2. The lowest BCUT2D eigenvalue weighted by molar-refractivity contribution is -0.118. The minimum Gasteiger partial charge on any atom is -0.397 e. The third-order valence-electron chi connectivity index (χ3n) is 4.36. The lowest BCUT2D eigenvalue weighted by atomic mass is 10.0. The molecule has 0 aliphatic carbocycles. The second kappa shape index (κ2) is 9.48. The number of hydrogen-bond acceptors (Lipinski definition) is 5. The van der Waals surface area contributed by atoms with Crippen molar-refractivity contribution in [2.24, 2.45) is 0 Å². The van der Waals surface area contributed by atoms with Crippen LogP contribution < -0.4 is 16.4 Å². The van der Waals surface area contributed by atoms with Crippen molar-refractivity contribution in [1.29, 1.82) is 0 Å². The average molecular weight is 390 g/mol. The molecule has 3 rings (SSSR count). The van der Waals surface area contributed by atoms with Gasteiger partial charge in [0.2, 0.25) is 5.91 Å². The van der Waals surface area contributed by atoms with Crippen molar-refractivity contribution in [1.82, 2.24) is 4.98 Å². The van der Waals surface area contributed by atoms with E-state index in [1.807, 2.05) is 6.07 Å². The lowest BCUT2D eigenvalue weighted by Crippen LogP contribution is -2.24. The van der Waals surface area contributed by atoms with Crippen LogP contribution in [0.5, 0.6) is 0 Å². The zero-order chi connectivity index (χ0) is 20.6. The molecule has 0 aliphatic rings. The molecule has 2 amide bonds. The predicted octanol–water partition coefficient (Wildman–Crippen LogP) is 3.28. The highest BCUT2D eigenvalue weighted by Gasteiger charge is 2.21. The summed E-state index contributed by atoms with van der Waals surface area (Å²) >= 11 is 0. The van der Waals surface area contributed by atoms with Gasteiger partial charge in [0.25, 0.3) is 5.91 Å². The number of rotatable bonds is 7. The second-order valence-corrected chi connectivity index (χ2v) is 6.40. The van der Waals surface area contributed by atoms with Gasteiger partial charge in [-0.15, -0.1) is 0 Å². The first-order chi connectivity index (χ1) is 14.1. The molecule has 2 aromatic carbocycles. The van der Waals surface area contributed by atoms with Gasteiger partial charge in [-0.3, -0.25) is 14.6 Å². The fraction of sp³-hybridized carbons (Fsp3) is 0.136. The standard InChI is InChI=1S/C22H22N4O3/c1-29-14-18(16-5-4-12-24-13-16)22(28)25-17-10-8-15(9-11-17)21(27)26-20-7-3-2-6-19(20)23/h2-13,18H,14,23H2,1H3,(H,25,28)(H,26,27). The van der Waals surface area contributed by atoms with Gasteiger partial charge in [-0.1, -0.05) is 18.2 Å². The van der Waals surface area contributed by atoms with E-state index in [0.717, 1.165) is 5.56 Å². The van der Waals surface area contributed by atoms with Crippen LogP contribution in [0.15, 0.2) is 73.1 Å². The molecule has 29 heavy (non-hydrogen) atoms. The summed E-state index contributed by atoms with van der Waals surface area (Å²) in [4.78, 5) is 29.1. The van der Waals surface area contributed by atoms with Crippen LogP contribution in [-0.2, 0) is 9.53 Å². The zero-order valence-electron chi connectivity index (χ0n) is 16.0. The maximum absolute atomic E-state index is 12.7. The number of carbonyl (C=O) groups is 2. The van der Waals surface area contributed by atoms with E-state index in [1.54, 1.807) is 74.1 Å². The molecule has 0 saturated carbocycles. The molecular formula is C22H22N4O3. The first-order valence-electron chi connectivity index (χ1n) is 9.04. The Morgan fingerprint density at radius 2 is 1.79 bits per heavy atom. The molecule has 0 saturated heterocycles. The first kappa shape index (κ1) is 20.0. The molecule has 1 unspecified atom stereocenters. The maximum atomic E-state index is 12.7. The number of anilines is 3. The molecule has 3 aromatic rings. The summed E-state index contributed by atoms with van der Waals surface area (Å²) in [6, 6.07) is 17.3. The van der Waals surface area contributed by atoms with Crippen molar-refractivity contribution in [3.05, 3.63) is 84.2 Å². The number of nitrogens with one attached hydrogen (secondary N) is 2. The number of methoxy groups -OCH3 is 1. The Morgan fingerprint density at radius 1 is 1.03 bits per heavy atom. The largest absolute Gasteiger partial charge is 0.397 e.